The maximum absolute atomic E-state index is 12.9. The molecule has 0 unspecified atom stereocenters. The second-order valence-corrected chi connectivity index (χ2v) is 7.99. The van der Waals surface area contributed by atoms with E-state index in [2.05, 4.69) is 4.18 Å². The topological polar surface area (TPSA) is 76.1 Å². The van der Waals surface area contributed by atoms with Crippen LogP contribution in [0.5, 0.6) is 0 Å². The molecule has 1 spiro atoms. The molecule has 2 atom stereocenters. The van der Waals surface area contributed by atoms with Crippen LogP contribution >= 0.6 is 0 Å². The van der Waals surface area contributed by atoms with Crippen LogP contribution in [0, 0.1) is 0 Å². The van der Waals surface area contributed by atoms with Crippen molar-refractivity contribution in [2.24, 2.45) is 0 Å². The van der Waals surface area contributed by atoms with Crippen LogP contribution in [0.2, 0.25) is 0 Å². The molecule has 3 rings (SSSR count). The van der Waals surface area contributed by atoms with Crippen molar-refractivity contribution in [1.82, 2.24) is 4.90 Å². The lowest BCUT2D eigenvalue weighted by Gasteiger charge is -2.47. The van der Waals surface area contributed by atoms with Gasteiger partial charge in [0.05, 0.1) is 12.7 Å². The van der Waals surface area contributed by atoms with Gasteiger partial charge in [0, 0.05) is 26.6 Å². The van der Waals surface area contributed by atoms with E-state index in [-0.39, 0.29) is 23.9 Å². The Morgan fingerprint density at radius 3 is 2.64 bits per heavy atom. The second kappa shape index (κ2) is 6.26. The van der Waals surface area contributed by atoms with Gasteiger partial charge in [-0.3, -0.25) is 4.90 Å². The van der Waals surface area contributed by atoms with E-state index >= 15 is 0 Å². The molecule has 3 aliphatic rings. The van der Waals surface area contributed by atoms with E-state index in [9.17, 15) is 26.7 Å². The van der Waals surface area contributed by atoms with Gasteiger partial charge in [0.25, 0.3) is 0 Å². The SMILES string of the molecule is CO[C@H]1CC=C2CCN3CCC(CO)=C(OS(=O)(=O)C(F)(F)F)[C@]23C1. The van der Waals surface area contributed by atoms with Crippen molar-refractivity contribution in [3.63, 3.8) is 0 Å². The first-order valence-corrected chi connectivity index (χ1v) is 9.38. The number of methoxy groups -OCH3 is 1. The zero-order valence-electron chi connectivity index (χ0n) is 13.7. The van der Waals surface area contributed by atoms with E-state index < -0.39 is 27.8 Å². The van der Waals surface area contributed by atoms with Crippen molar-refractivity contribution < 1.29 is 35.6 Å². The molecule has 1 N–H and O–H groups in total. The number of alkyl halides is 3. The Balaban J connectivity index is 2.13. The van der Waals surface area contributed by atoms with Crippen molar-refractivity contribution in [3.05, 3.63) is 23.0 Å². The van der Waals surface area contributed by atoms with Crippen molar-refractivity contribution in [2.75, 3.05) is 26.8 Å². The van der Waals surface area contributed by atoms with Crippen molar-refractivity contribution in [1.29, 1.82) is 0 Å². The number of aliphatic hydroxyl groups excluding tert-OH is 1. The van der Waals surface area contributed by atoms with Crippen LogP contribution < -0.4 is 0 Å². The van der Waals surface area contributed by atoms with Crippen molar-refractivity contribution >= 4 is 10.1 Å². The largest absolute Gasteiger partial charge is 0.534 e. The van der Waals surface area contributed by atoms with E-state index in [1.54, 1.807) is 0 Å². The number of hydrogen-bond donors (Lipinski definition) is 1. The van der Waals surface area contributed by atoms with Gasteiger partial charge in [0.1, 0.15) is 11.3 Å². The summed E-state index contributed by atoms with van der Waals surface area (Å²) in [6.45, 7) is 0.561. The number of hydrogen-bond acceptors (Lipinski definition) is 6. The van der Waals surface area contributed by atoms with Crippen LogP contribution in [0.25, 0.3) is 0 Å². The summed E-state index contributed by atoms with van der Waals surface area (Å²) in [6.07, 6.45) is 3.40. The smallest absolute Gasteiger partial charge is 0.392 e. The van der Waals surface area contributed by atoms with E-state index in [4.69, 9.17) is 4.74 Å². The van der Waals surface area contributed by atoms with E-state index in [0.717, 1.165) is 5.57 Å². The molecule has 1 aliphatic carbocycles. The Hall–Kier alpha value is -1.10. The molecular weight excluding hydrogens is 363 g/mol. The molecule has 0 bridgehead atoms. The molecule has 142 valence electrons. The standard InChI is InChI=1S/C15H20F3NO5S/c1-23-12-3-2-11-5-7-19-6-4-10(9-20)13(14(11,19)8-12)24-25(21,22)15(16,17)18/h2,12,20H,3-9H2,1H3/t12-,14-/m0/s1. The molecule has 1 saturated heterocycles. The van der Waals surface area contributed by atoms with Crippen LogP contribution in [0.15, 0.2) is 23.0 Å². The van der Waals surface area contributed by atoms with Crippen LogP contribution in [0.4, 0.5) is 13.2 Å². The fourth-order valence-corrected chi connectivity index (χ4v) is 4.62. The Morgan fingerprint density at radius 1 is 1.36 bits per heavy atom. The lowest BCUT2D eigenvalue weighted by molar-refractivity contribution is -0.0547. The third-order valence-electron chi connectivity index (χ3n) is 5.25. The van der Waals surface area contributed by atoms with E-state index in [1.807, 2.05) is 11.0 Å². The monoisotopic (exact) mass is 383 g/mol. The van der Waals surface area contributed by atoms with E-state index in [0.29, 0.717) is 32.4 Å². The lowest BCUT2D eigenvalue weighted by Crippen LogP contribution is -2.55. The molecule has 0 saturated carbocycles. The molecule has 0 amide bonds. The van der Waals surface area contributed by atoms with Gasteiger partial charge in [-0.15, -0.1) is 0 Å². The van der Waals surface area contributed by atoms with Gasteiger partial charge in [-0.2, -0.15) is 21.6 Å². The summed E-state index contributed by atoms with van der Waals surface area (Å²) in [4.78, 5) is 1.93. The molecular formula is C15H20F3NO5S. The highest BCUT2D eigenvalue weighted by Gasteiger charge is 2.58. The summed E-state index contributed by atoms with van der Waals surface area (Å²) >= 11 is 0. The number of halogens is 3. The maximum Gasteiger partial charge on any atom is 0.534 e. The zero-order valence-corrected chi connectivity index (χ0v) is 14.5. The number of ether oxygens (including phenoxy) is 1. The van der Waals surface area contributed by atoms with Crippen molar-refractivity contribution in [3.8, 4) is 0 Å². The molecule has 1 fully saturated rings. The van der Waals surface area contributed by atoms with Crippen LogP contribution in [0.1, 0.15) is 25.7 Å². The predicted octanol–water partition coefficient (Wildman–Crippen LogP) is 1.68. The van der Waals surface area contributed by atoms with E-state index in [1.165, 1.54) is 7.11 Å². The summed E-state index contributed by atoms with van der Waals surface area (Å²) in [7, 11) is -4.32. The second-order valence-electron chi connectivity index (χ2n) is 6.45. The van der Waals surface area contributed by atoms with Crippen LogP contribution in [0.3, 0.4) is 0 Å². The summed E-state index contributed by atoms with van der Waals surface area (Å²) < 4.78 is 72.0. The fraction of sp³-hybridized carbons (Fsp3) is 0.733. The Kier molecular flexibility index (Phi) is 4.68. The van der Waals surface area contributed by atoms with Gasteiger partial charge in [-0.25, -0.2) is 0 Å². The predicted molar refractivity (Wildman–Crippen MR) is 81.8 cm³/mol. The first kappa shape index (κ1) is 18.7. The molecule has 2 aliphatic heterocycles. The van der Waals surface area contributed by atoms with Crippen LogP contribution in [-0.2, 0) is 19.0 Å². The molecule has 0 aromatic carbocycles. The van der Waals surface area contributed by atoms with Crippen molar-refractivity contribution in [2.45, 2.75) is 42.8 Å². The first-order chi connectivity index (χ1) is 11.7. The highest BCUT2D eigenvalue weighted by molar-refractivity contribution is 7.87. The lowest BCUT2D eigenvalue weighted by atomic mass is 9.74. The zero-order chi connectivity index (χ0) is 18.5. The first-order valence-electron chi connectivity index (χ1n) is 7.97. The average molecular weight is 383 g/mol. The minimum atomic E-state index is -5.82. The number of aliphatic hydroxyl groups is 1. The molecule has 0 radical (unpaired) electrons. The quantitative estimate of drug-likeness (QED) is 0.452. The molecule has 6 nitrogen and oxygen atoms in total. The van der Waals surface area contributed by atoms with Gasteiger partial charge in [-0.05, 0) is 30.4 Å². The molecule has 0 aromatic rings. The average Bonchev–Trinajstić information content (AvgIpc) is 2.93. The van der Waals surface area contributed by atoms with Gasteiger partial charge >= 0.3 is 15.6 Å². The summed E-state index contributed by atoms with van der Waals surface area (Å²) in [5, 5.41) is 9.61. The van der Waals surface area contributed by atoms with Gasteiger partial charge < -0.3 is 14.0 Å². The Bertz CT molecular complexity index is 715. The molecule has 25 heavy (non-hydrogen) atoms. The van der Waals surface area contributed by atoms with Gasteiger partial charge in [0.15, 0.2) is 0 Å². The minimum absolute atomic E-state index is 0.189. The van der Waals surface area contributed by atoms with Gasteiger partial charge in [-0.1, -0.05) is 6.08 Å². The fourth-order valence-electron chi connectivity index (χ4n) is 4.05. The Labute approximate surface area is 144 Å². The van der Waals surface area contributed by atoms with Gasteiger partial charge in [0.2, 0.25) is 0 Å². The Morgan fingerprint density at radius 2 is 2.04 bits per heavy atom. The molecule has 10 heteroatoms. The minimum Gasteiger partial charge on any atom is -0.392 e. The van der Waals surface area contributed by atoms with Crippen LogP contribution in [-0.4, -0.2) is 62.4 Å². The normalized spacial score (nSPS) is 30.8. The highest BCUT2D eigenvalue weighted by Crippen LogP contribution is 2.51. The number of nitrogens with zero attached hydrogens (tertiary/aromatic N) is 1. The summed E-state index contributed by atoms with van der Waals surface area (Å²) in [6, 6.07) is 0. The molecule has 2 heterocycles. The third kappa shape index (κ3) is 2.88. The summed E-state index contributed by atoms with van der Waals surface area (Å²) in [5.41, 5.74) is -5.60. The summed E-state index contributed by atoms with van der Waals surface area (Å²) in [5.74, 6) is -0.302. The molecule has 0 aromatic heterocycles. The number of rotatable bonds is 4. The highest BCUT2D eigenvalue weighted by atomic mass is 32.2. The third-order valence-corrected chi connectivity index (χ3v) is 6.21. The maximum atomic E-state index is 12.9.